The van der Waals surface area contributed by atoms with Gasteiger partial charge in [-0.15, -0.1) is 13.2 Å². The molecule has 1 aromatic carbocycles. The number of amides is 1. The van der Waals surface area contributed by atoms with E-state index < -0.39 is 12.1 Å². The van der Waals surface area contributed by atoms with E-state index in [1.807, 2.05) is 11.0 Å². The molecule has 3 aromatic rings. The van der Waals surface area contributed by atoms with E-state index in [1.165, 1.54) is 12.1 Å². The summed E-state index contributed by atoms with van der Waals surface area (Å²) >= 11 is 0. The highest BCUT2D eigenvalue weighted by atomic mass is 19.4. The van der Waals surface area contributed by atoms with Crippen molar-refractivity contribution in [3.63, 3.8) is 0 Å². The maximum Gasteiger partial charge on any atom is 0.573 e. The molecular formula is C20H19F3N6O2. The van der Waals surface area contributed by atoms with Crippen LogP contribution in [0, 0.1) is 6.92 Å². The zero-order valence-electron chi connectivity index (χ0n) is 16.6. The van der Waals surface area contributed by atoms with Crippen molar-refractivity contribution in [1.82, 2.24) is 24.4 Å². The van der Waals surface area contributed by atoms with Gasteiger partial charge in [0.1, 0.15) is 29.5 Å². The molecule has 1 saturated heterocycles. The first-order valence-electron chi connectivity index (χ1n) is 9.52. The van der Waals surface area contributed by atoms with Crippen molar-refractivity contribution in [2.75, 3.05) is 31.1 Å². The summed E-state index contributed by atoms with van der Waals surface area (Å²) in [6.45, 7) is 3.69. The lowest BCUT2D eigenvalue weighted by molar-refractivity contribution is -0.274. The number of carbonyl (C=O) groups excluding carboxylic acids is 1. The second kappa shape index (κ2) is 8.25. The van der Waals surface area contributed by atoms with Gasteiger partial charge in [0, 0.05) is 50.2 Å². The summed E-state index contributed by atoms with van der Waals surface area (Å²) in [6.07, 6.45) is 0.298. The van der Waals surface area contributed by atoms with Crippen molar-refractivity contribution < 1.29 is 22.7 Å². The Morgan fingerprint density at radius 3 is 2.48 bits per heavy atom. The van der Waals surface area contributed by atoms with Crippen LogP contribution in [0.5, 0.6) is 5.75 Å². The highest BCUT2D eigenvalue weighted by Gasteiger charge is 2.31. The lowest BCUT2D eigenvalue weighted by Gasteiger charge is -2.35. The number of piperazine rings is 1. The van der Waals surface area contributed by atoms with Gasteiger partial charge in [0.15, 0.2) is 0 Å². The highest BCUT2D eigenvalue weighted by Crippen LogP contribution is 2.24. The van der Waals surface area contributed by atoms with E-state index in [-0.39, 0.29) is 11.5 Å². The maximum atomic E-state index is 12.8. The molecule has 0 bridgehead atoms. The van der Waals surface area contributed by atoms with E-state index in [0.717, 1.165) is 18.0 Å². The first kappa shape index (κ1) is 20.6. The fourth-order valence-corrected chi connectivity index (χ4v) is 3.37. The van der Waals surface area contributed by atoms with Crippen molar-refractivity contribution in [3.05, 3.63) is 60.4 Å². The molecule has 0 atom stereocenters. The normalized spacial score (nSPS) is 14.6. The Kier molecular flexibility index (Phi) is 5.49. The zero-order valence-corrected chi connectivity index (χ0v) is 16.6. The second-order valence-corrected chi connectivity index (χ2v) is 6.96. The minimum absolute atomic E-state index is 0.149. The van der Waals surface area contributed by atoms with Crippen LogP contribution < -0.4 is 9.64 Å². The maximum absolute atomic E-state index is 12.8. The lowest BCUT2D eigenvalue weighted by atomic mass is 10.1. The Labute approximate surface area is 175 Å². The van der Waals surface area contributed by atoms with E-state index in [2.05, 4.69) is 19.7 Å². The standard InChI is InChI=1S/C20H19F3N6O2/c1-14-25-17(12-18(26-14)29-6-5-24-13-29)27-7-9-28(10-8-27)19(30)15-3-2-4-16(11-15)31-20(21,22)23/h2-6,11-13H,7-10H2,1H3. The molecule has 0 unspecified atom stereocenters. The molecule has 11 heteroatoms. The van der Waals surface area contributed by atoms with Crippen LogP contribution in [0.25, 0.3) is 5.82 Å². The Hall–Kier alpha value is -3.63. The van der Waals surface area contributed by atoms with Crippen LogP contribution in [0.1, 0.15) is 16.2 Å². The van der Waals surface area contributed by atoms with Crippen LogP contribution in [0.3, 0.4) is 0 Å². The van der Waals surface area contributed by atoms with Gasteiger partial charge in [0.25, 0.3) is 5.91 Å². The minimum atomic E-state index is -4.81. The van der Waals surface area contributed by atoms with Gasteiger partial charge in [-0.25, -0.2) is 15.0 Å². The largest absolute Gasteiger partial charge is 0.573 e. The monoisotopic (exact) mass is 432 g/mol. The summed E-state index contributed by atoms with van der Waals surface area (Å²) in [4.78, 5) is 29.3. The molecule has 3 heterocycles. The van der Waals surface area contributed by atoms with Gasteiger partial charge in [0.05, 0.1) is 0 Å². The summed E-state index contributed by atoms with van der Waals surface area (Å²) < 4.78 is 43.0. The summed E-state index contributed by atoms with van der Waals surface area (Å²) in [6, 6.07) is 6.96. The first-order chi connectivity index (χ1) is 14.8. The van der Waals surface area contributed by atoms with E-state index in [9.17, 15) is 18.0 Å². The van der Waals surface area contributed by atoms with Gasteiger partial charge in [0.2, 0.25) is 0 Å². The second-order valence-electron chi connectivity index (χ2n) is 6.96. The molecule has 8 nitrogen and oxygen atoms in total. The van der Waals surface area contributed by atoms with Gasteiger partial charge in [-0.2, -0.15) is 0 Å². The number of imidazole rings is 1. The van der Waals surface area contributed by atoms with E-state index in [4.69, 9.17) is 0 Å². The zero-order chi connectivity index (χ0) is 22.0. The lowest BCUT2D eigenvalue weighted by Crippen LogP contribution is -2.49. The molecule has 4 rings (SSSR count). The average molecular weight is 432 g/mol. The molecule has 0 saturated carbocycles. The number of halogens is 3. The SMILES string of the molecule is Cc1nc(N2CCN(C(=O)c3cccc(OC(F)(F)F)c3)CC2)cc(-n2ccnc2)n1. The number of aromatic nitrogens is 4. The van der Waals surface area contributed by atoms with Gasteiger partial charge in [-0.1, -0.05) is 6.07 Å². The van der Waals surface area contributed by atoms with Crippen LogP contribution in [0.15, 0.2) is 49.1 Å². The fourth-order valence-electron chi connectivity index (χ4n) is 3.37. The van der Waals surface area contributed by atoms with Gasteiger partial charge >= 0.3 is 6.36 Å². The summed E-state index contributed by atoms with van der Waals surface area (Å²) in [5.74, 6) is 1.29. The number of alkyl halides is 3. The van der Waals surface area contributed by atoms with Crippen LogP contribution in [0.2, 0.25) is 0 Å². The summed E-state index contributed by atoms with van der Waals surface area (Å²) in [5, 5.41) is 0. The van der Waals surface area contributed by atoms with Crippen LogP contribution >= 0.6 is 0 Å². The third-order valence-corrected chi connectivity index (χ3v) is 4.79. The number of benzene rings is 1. The highest BCUT2D eigenvalue weighted by molar-refractivity contribution is 5.94. The number of ether oxygens (including phenoxy) is 1. The van der Waals surface area contributed by atoms with Gasteiger partial charge in [-0.05, 0) is 25.1 Å². The van der Waals surface area contributed by atoms with Crippen molar-refractivity contribution >= 4 is 11.7 Å². The van der Waals surface area contributed by atoms with E-state index in [0.29, 0.717) is 37.8 Å². The third kappa shape index (κ3) is 4.93. The van der Waals surface area contributed by atoms with Crippen LogP contribution in [-0.4, -0.2) is 62.9 Å². The van der Waals surface area contributed by atoms with Crippen molar-refractivity contribution in [2.24, 2.45) is 0 Å². The Bertz CT molecular complexity index is 1060. The molecule has 2 aromatic heterocycles. The Balaban J connectivity index is 1.43. The number of hydrogen-bond acceptors (Lipinski definition) is 6. The molecule has 0 spiro atoms. The predicted octanol–water partition coefficient (Wildman–Crippen LogP) is 2.83. The molecular weight excluding hydrogens is 413 g/mol. The topological polar surface area (TPSA) is 76.4 Å². The molecule has 162 valence electrons. The molecule has 0 aliphatic carbocycles. The van der Waals surface area contributed by atoms with Crippen molar-refractivity contribution in [1.29, 1.82) is 0 Å². The first-order valence-corrected chi connectivity index (χ1v) is 9.52. The molecule has 1 aliphatic rings. The molecule has 0 radical (unpaired) electrons. The molecule has 0 N–H and O–H groups in total. The summed E-state index contributed by atoms with van der Waals surface area (Å²) in [5.41, 5.74) is 0.149. The Morgan fingerprint density at radius 1 is 1.06 bits per heavy atom. The molecule has 1 aliphatic heterocycles. The molecule has 1 amide bonds. The number of nitrogens with zero attached hydrogens (tertiary/aromatic N) is 6. The molecule has 31 heavy (non-hydrogen) atoms. The third-order valence-electron chi connectivity index (χ3n) is 4.79. The van der Waals surface area contributed by atoms with Crippen LogP contribution in [0.4, 0.5) is 19.0 Å². The van der Waals surface area contributed by atoms with Crippen molar-refractivity contribution in [3.8, 4) is 11.6 Å². The minimum Gasteiger partial charge on any atom is -0.406 e. The number of hydrogen-bond donors (Lipinski definition) is 0. The Morgan fingerprint density at radius 2 is 1.81 bits per heavy atom. The number of carbonyl (C=O) groups is 1. The molecule has 1 fully saturated rings. The summed E-state index contributed by atoms with van der Waals surface area (Å²) in [7, 11) is 0. The van der Waals surface area contributed by atoms with E-state index >= 15 is 0 Å². The number of aryl methyl sites for hydroxylation is 1. The quantitative estimate of drug-likeness (QED) is 0.631. The smallest absolute Gasteiger partial charge is 0.406 e. The predicted molar refractivity (Wildman–Crippen MR) is 105 cm³/mol. The number of anilines is 1. The fraction of sp³-hybridized carbons (Fsp3) is 0.300. The van der Waals surface area contributed by atoms with Crippen LogP contribution in [-0.2, 0) is 0 Å². The van der Waals surface area contributed by atoms with Gasteiger partial charge in [-0.3, -0.25) is 9.36 Å². The van der Waals surface area contributed by atoms with Crippen molar-refractivity contribution in [2.45, 2.75) is 13.3 Å². The number of rotatable bonds is 4. The van der Waals surface area contributed by atoms with Gasteiger partial charge < -0.3 is 14.5 Å². The van der Waals surface area contributed by atoms with E-state index in [1.54, 1.807) is 35.1 Å². The average Bonchev–Trinajstić information content (AvgIpc) is 3.27.